The molecule has 1 aromatic heterocycles. The first-order valence-electron chi connectivity index (χ1n) is 12.9. The topological polar surface area (TPSA) is 112 Å². The van der Waals surface area contributed by atoms with Crippen LogP contribution in [-0.4, -0.2) is 50.7 Å². The lowest BCUT2D eigenvalue weighted by atomic mass is 9.74. The Morgan fingerprint density at radius 2 is 1.82 bits per heavy atom. The number of rotatable bonds is 6. The minimum Gasteiger partial charge on any atom is -0.503 e. The number of carbonyl (C=O) groups excluding carboxylic acids is 2. The molecule has 39 heavy (non-hydrogen) atoms. The van der Waals surface area contributed by atoms with Gasteiger partial charge in [-0.3, -0.25) is 14.4 Å². The summed E-state index contributed by atoms with van der Waals surface area (Å²) in [5.41, 5.74) is -0.383. The Morgan fingerprint density at radius 1 is 1.05 bits per heavy atom. The summed E-state index contributed by atoms with van der Waals surface area (Å²) in [6.45, 7) is 0.129. The van der Waals surface area contributed by atoms with Gasteiger partial charge in [0.25, 0.3) is 11.8 Å². The molecule has 10 heteroatoms. The van der Waals surface area contributed by atoms with E-state index in [2.05, 4.69) is 17.4 Å². The fourth-order valence-electron chi connectivity index (χ4n) is 5.80. The summed E-state index contributed by atoms with van der Waals surface area (Å²) in [7, 11) is 0. The van der Waals surface area contributed by atoms with E-state index in [1.165, 1.54) is 22.4 Å². The van der Waals surface area contributed by atoms with Crippen molar-refractivity contribution in [3.8, 4) is 5.75 Å². The molecule has 1 aliphatic carbocycles. The van der Waals surface area contributed by atoms with Crippen LogP contribution in [0.3, 0.4) is 0 Å². The third-order valence-electron chi connectivity index (χ3n) is 7.85. The number of nitrogens with one attached hydrogen (secondary N) is 1. The largest absolute Gasteiger partial charge is 0.503 e. The summed E-state index contributed by atoms with van der Waals surface area (Å²) < 4.78 is 28.4. The van der Waals surface area contributed by atoms with Crippen molar-refractivity contribution >= 4 is 11.8 Å². The van der Waals surface area contributed by atoms with Gasteiger partial charge < -0.3 is 25.0 Å². The number of benzene rings is 2. The number of halogens is 2. The molecule has 0 saturated heterocycles. The Kier molecular flexibility index (Phi) is 7.47. The molecule has 2 heterocycles. The fourth-order valence-corrected chi connectivity index (χ4v) is 5.80. The normalized spacial score (nSPS) is 20.9. The number of amides is 2. The Balaban J connectivity index is 1.33. The van der Waals surface area contributed by atoms with Gasteiger partial charge in [-0.1, -0.05) is 36.4 Å². The second-order valence-electron chi connectivity index (χ2n) is 10.1. The van der Waals surface area contributed by atoms with Gasteiger partial charge in [0, 0.05) is 56.0 Å². The molecule has 0 radical (unpaired) electrons. The third-order valence-corrected chi connectivity index (χ3v) is 7.85. The maximum Gasteiger partial charge on any atom is 0.274 e. The molecule has 204 valence electrons. The van der Waals surface area contributed by atoms with Crippen molar-refractivity contribution in [3.05, 3.63) is 99.0 Å². The maximum absolute atomic E-state index is 13.9. The van der Waals surface area contributed by atoms with Crippen LogP contribution < -0.4 is 10.7 Å². The van der Waals surface area contributed by atoms with Crippen molar-refractivity contribution in [2.75, 3.05) is 13.2 Å². The van der Waals surface area contributed by atoms with Crippen LogP contribution in [0.5, 0.6) is 5.75 Å². The molecule has 1 aliphatic heterocycles. The number of hydrogen-bond acceptors (Lipinski definition) is 5. The predicted molar refractivity (Wildman–Crippen MR) is 138 cm³/mol. The van der Waals surface area contributed by atoms with Gasteiger partial charge in [0.15, 0.2) is 11.4 Å². The number of aromatic nitrogens is 1. The van der Waals surface area contributed by atoms with Crippen LogP contribution >= 0.6 is 0 Å². The summed E-state index contributed by atoms with van der Waals surface area (Å²) in [5, 5.41) is 23.3. The van der Waals surface area contributed by atoms with E-state index in [9.17, 15) is 33.4 Å². The smallest absolute Gasteiger partial charge is 0.274 e. The van der Waals surface area contributed by atoms with Gasteiger partial charge in [0.05, 0.1) is 0 Å². The molecular formula is C29H29F2N3O5. The average Bonchev–Trinajstić information content (AvgIpc) is 2.94. The molecule has 0 spiro atoms. The number of aliphatic hydroxyl groups is 1. The number of carbonyl (C=O) groups is 2. The van der Waals surface area contributed by atoms with Crippen LogP contribution in [0.25, 0.3) is 0 Å². The fraction of sp³-hybridized carbons (Fsp3) is 0.345. The quantitative estimate of drug-likeness (QED) is 0.447. The van der Waals surface area contributed by atoms with Crippen molar-refractivity contribution < 1.29 is 28.6 Å². The van der Waals surface area contributed by atoms with Gasteiger partial charge in [-0.25, -0.2) is 8.78 Å². The van der Waals surface area contributed by atoms with Crippen LogP contribution in [0.4, 0.5) is 8.78 Å². The van der Waals surface area contributed by atoms with E-state index < -0.39 is 40.2 Å². The highest BCUT2D eigenvalue weighted by molar-refractivity contribution is 5.99. The first-order valence-corrected chi connectivity index (χ1v) is 12.9. The first-order chi connectivity index (χ1) is 18.8. The molecule has 8 nitrogen and oxygen atoms in total. The van der Waals surface area contributed by atoms with E-state index in [4.69, 9.17) is 0 Å². The molecule has 0 unspecified atom stereocenters. The van der Waals surface area contributed by atoms with E-state index in [0.29, 0.717) is 18.9 Å². The SMILES string of the molecule is O=C(NCc1ccc(F)cc1F)c1cn2c(c(O)c1=O)C(=O)N([C@H]1CC[C@H](c3ccccc3)C[C@H]1CO)CC2. The molecule has 3 aromatic rings. The van der Waals surface area contributed by atoms with Crippen LogP contribution in [-0.2, 0) is 13.1 Å². The van der Waals surface area contributed by atoms with Crippen molar-refractivity contribution in [2.45, 2.75) is 44.3 Å². The molecule has 5 rings (SSSR count). The number of nitrogens with zero attached hydrogens (tertiary/aromatic N) is 2. The number of aliphatic hydroxyl groups excluding tert-OH is 1. The summed E-state index contributed by atoms with van der Waals surface area (Å²) in [5.74, 6) is -3.71. The minimum absolute atomic E-state index is 0.0262. The zero-order chi connectivity index (χ0) is 27.7. The Labute approximate surface area is 223 Å². The molecule has 3 atom stereocenters. The predicted octanol–water partition coefficient (Wildman–Crippen LogP) is 3.16. The number of hydrogen-bond donors (Lipinski definition) is 3. The molecule has 1 fully saturated rings. The Hall–Kier alpha value is -4.05. The van der Waals surface area contributed by atoms with Crippen LogP contribution in [0.2, 0.25) is 0 Å². The lowest BCUT2D eigenvalue weighted by Gasteiger charge is -2.44. The van der Waals surface area contributed by atoms with E-state index in [-0.39, 0.29) is 55.4 Å². The Bertz CT molecular complexity index is 1460. The molecule has 2 aromatic carbocycles. The third kappa shape index (κ3) is 5.16. The molecule has 2 aliphatic rings. The number of fused-ring (bicyclic) bond motifs is 1. The lowest BCUT2D eigenvalue weighted by Crippen LogP contribution is -2.52. The monoisotopic (exact) mass is 537 g/mol. The highest BCUT2D eigenvalue weighted by Gasteiger charge is 2.40. The second-order valence-corrected chi connectivity index (χ2v) is 10.1. The van der Waals surface area contributed by atoms with Crippen molar-refractivity contribution in [1.29, 1.82) is 0 Å². The average molecular weight is 538 g/mol. The van der Waals surface area contributed by atoms with Crippen LogP contribution in [0, 0.1) is 17.6 Å². The summed E-state index contributed by atoms with van der Waals surface area (Å²) >= 11 is 0. The van der Waals surface area contributed by atoms with E-state index in [1.54, 1.807) is 4.90 Å². The van der Waals surface area contributed by atoms with E-state index in [0.717, 1.165) is 12.5 Å². The molecule has 0 bridgehead atoms. The van der Waals surface area contributed by atoms with E-state index in [1.807, 2.05) is 18.2 Å². The standard InChI is InChI=1S/C29H29F2N3O5/c30-21-8-6-19(23(31)13-21)14-32-28(38)22-15-33-10-11-34(29(39)25(33)27(37)26(22)36)24-9-7-18(12-20(24)16-35)17-4-2-1-3-5-17/h1-6,8,13,15,18,20,24,35,37H,7,9-12,14,16H2,(H,32,38)/t18-,20-,24-/m0/s1. The Morgan fingerprint density at radius 3 is 2.54 bits per heavy atom. The summed E-state index contributed by atoms with van der Waals surface area (Å²) in [6.07, 6.45) is 3.43. The zero-order valence-corrected chi connectivity index (χ0v) is 21.1. The summed E-state index contributed by atoms with van der Waals surface area (Å²) in [4.78, 5) is 40.7. The van der Waals surface area contributed by atoms with Gasteiger partial charge in [-0.05, 0) is 36.8 Å². The molecular weight excluding hydrogens is 508 g/mol. The van der Waals surface area contributed by atoms with Crippen LogP contribution in [0.1, 0.15) is 57.2 Å². The number of aromatic hydroxyl groups is 1. The van der Waals surface area contributed by atoms with Gasteiger partial charge in [-0.15, -0.1) is 0 Å². The van der Waals surface area contributed by atoms with E-state index >= 15 is 0 Å². The van der Waals surface area contributed by atoms with Gasteiger partial charge >= 0.3 is 0 Å². The van der Waals surface area contributed by atoms with Gasteiger partial charge in [0.1, 0.15) is 17.2 Å². The van der Waals surface area contributed by atoms with Gasteiger partial charge in [0.2, 0.25) is 5.43 Å². The first kappa shape index (κ1) is 26.6. The molecule has 2 amide bonds. The second kappa shape index (κ2) is 11.0. The maximum atomic E-state index is 13.9. The zero-order valence-electron chi connectivity index (χ0n) is 21.1. The van der Waals surface area contributed by atoms with Crippen molar-refractivity contribution in [2.24, 2.45) is 5.92 Å². The highest BCUT2D eigenvalue weighted by Crippen LogP contribution is 2.39. The van der Waals surface area contributed by atoms with Crippen molar-refractivity contribution in [3.63, 3.8) is 0 Å². The molecule has 3 N–H and O–H groups in total. The minimum atomic E-state index is -1.01. The number of pyridine rings is 1. The molecule has 1 saturated carbocycles. The lowest BCUT2D eigenvalue weighted by molar-refractivity contribution is 0.0330. The summed E-state index contributed by atoms with van der Waals surface area (Å²) in [6, 6.07) is 12.7. The highest BCUT2D eigenvalue weighted by atomic mass is 19.1. The van der Waals surface area contributed by atoms with Crippen molar-refractivity contribution in [1.82, 2.24) is 14.8 Å². The van der Waals surface area contributed by atoms with Crippen LogP contribution in [0.15, 0.2) is 59.5 Å². The van der Waals surface area contributed by atoms with Gasteiger partial charge in [-0.2, -0.15) is 0 Å².